The van der Waals surface area contributed by atoms with Crippen LogP contribution in [0.5, 0.6) is 0 Å². The van der Waals surface area contributed by atoms with Crippen molar-refractivity contribution in [3.8, 4) is 16.9 Å². The summed E-state index contributed by atoms with van der Waals surface area (Å²) in [7, 11) is 0. The Kier molecular flexibility index (Phi) is 5.54. The van der Waals surface area contributed by atoms with E-state index in [0.717, 1.165) is 28.8 Å². The number of carbonyl (C=O) groups excluding carboxylic acids is 1. The van der Waals surface area contributed by atoms with Crippen LogP contribution >= 0.6 is 0 Å². The second-order valence-electron chi connectivity index (χ2n) is 7.47. The maximum Gasteiger partial charge on any atom is 0.282 e. The Labute approximate surface area is 180 Å². The van der Waals surface area contributed by atoms with Crippen molar-refractivity contribution in [3.63, 3.8) is 0 Å². The fourth-order valence-corrected chi connectivity index (χ4v) is 3.93. The minimum absolute atomic E-state index is 0.229. The van der Waals surface area contributed by atoms with Crippen LogP contribution in [0.25, 0.3) is 29.1 Å². The zero-order chi connectivity index (χ0) is 22.0. The fraction of sp³-hybridized carbons (Fsp3) is 0.160. The van der Waals surface area contributed by atoms with E-state index in [1.54, 1.807) is 6.07 Å². The van der Waals surface area contributed by atoms with E-state index in [1.165, 1.54) is 4.68 Å². The number of fused-ring (bicyclic) bond motifs is 3. The van der Waals surface area contributed by atoms with Crippen molar-refractivity contribution < 1.29 is 4.79 Å². The van der Waals surface area contributed by atoms with Gasteiger partial charge in [0.05, 0.1) is 22.6 Å². The molecular weight excluding hydrogens is 388 g/mol. The van der Waals surface area contributed by atoms with Crippen molar-refractivity contribution in [2.24, 2.45) is 0 Å². The second kappa shape index (κ2) is 8.44. The van der Waals surface area contributed by atoms with Gasteiger partial charge in [-0.15, -0.1) is 0 Å². The number of hydrogen-bond donors (Lipinski definition) is 1. The third-order valence-electron chi connectivity index (χ3n) is 5.28. The van der Waals surface area contributed by atoms with Gasteiger partial charge in [-0.2, -0.15) is 9.78 Å². The summed E-state index contributed by atoms with van der Waals surface area (Å²) in [6, 6.07) is 5.48. The number of hydrogen-bond acceptors (Lipinski definition) is 3. The summed E-state index contributed by atoms with van der Waals surface area (Å²) in [5, 5.41) is 7.39. The van der Waals surface area contributed by atoms with Crippen LogP contribution in [0.3, 0.4) is 0 Å². The van der Waals surface area contributed by atoms with Gasteiger partial charge in [-0.05, 0) is 43.5 Å². The molecule has 31 heavy (non-hydrogen) atoms. The van der Waals surface area contributed by atoms with Gasteiger partial charge >= 0.3 is 0 Å². The van der Waals surface area contributed by atoms with Crippen LogP contribution in [0, 0.1) is 6.92 Å². The van der Waals surface area contributed by atoms with Crippen molar-refractivity contribution in [1.29, 1.82) is 0 Å². The number of aromatic nitrogens is 3. The lowest BCUT2D eigenvalue weighted by atomic mass is 10.0. The number of amides is 1. The highest BCUT2D eigenvalue weighted by atomic mass is 16.1. The number of rotatable bonds is 6. The summed E-state index contributed by atoms with van der Waals surface area (Å²) in [5.41, 5.74) is 5.69. The van der Waals surface area contributed by atoms with E-state index >= 15 is 0 Å². The largest absolute Gasteiger partial charge is 0.342 e. The highest BCUT2D eigenvalue weighted by Gasteiger charge is 2.24. The van der Waals surface area contributed by atoms with Gasteiger partial charge in [0.1, 0.15) is 5.69 Å². The molecule has 6 heteroatoms. The van der Waals surface area contributed by atoms with Gasteiger partial charge in [0.25, 0.3) is 5.56 Å². The van der Waals surface area contributed by atoms with Crippen molar-refractivity contribution in [2.45, 2.75) is 26.8 Å². The third-order valence-corrected chi connectivity index (χ3v) is 5.28. The molecule has 0 fully saturated rings. The minimum Gasteiger partial charge on any atom is -0.342 e. The maximum absolute atomic E-state index is 13.5. The number of anilines is 1. The fourth-order valence-electron chi connectivity index (χ4n) is 3.93. The summed E-state index contributed by atoms with van der Waals surface area (Å²) >= 11 is 0. The molecule has 156 valence electrons. The monoisotopic (exact) mass is 412 g/mol. The van der Waals surface area contributed by atoms with E-state index in [4.69, 9.17) is 5.10 Å². The summed E-state index contributed by atoms with van der Waals surface area (Å²) in [6.45, 7) is 8.53. The van der Waals surface area contributed by atoms with Crippen molar-refractivity contribution in [1.82, 2.24) is 14.3 Å². The van der Waals surface area contributed by atoms with Gasteiger partial charge in [0.15, 0.2) is 0 Å². The summed E-state index contributed by atoms with van der Waals surface area (Å²) in [4.78, 5) is 24.6. The Balaban J connectivity index is 2.01. The van der Waals surface area contributed by atoms with Crippen LogP contribution in [-0.2, 0) is 11.3 Å². The lowest BCUT2D eigenvalue weighted by Gasteiger charge is -2.16. The maximum atomic E-state index is 13.5. The Morgan fingerprint density at radius 3 is 2.87 bits per heavy atom. The molecule has 1 aromatic carbocycles. The first-order valence-corrected chi connectivity index (χ1v) is 10.1. The predicted octanol–water partition coefficient (Wildman–Crippen LogP) is 4.58. The quantitative estimate of drug-likeness (QED) is 0.476. The zero-order valence-corrected chi connectivity index (χ0v) is 17.6. The molecule has 1 aromatic rings. The van der Waals surface area contributed by atoms with Crippen molar-refractivity contribution in [3.05, 3.63) is 88.0 Å². The van der Waals surface area contributed by atoms with Crippen LogP contribution in [0.15, 0.2) is 65.6 Å². The Bertz CT molecular complexity index is 1290. The minimum atomic E-state index is -0.229. The SMILES string of the molecule is C=C(/C=C\C)Cn1cc2c(=O)n(-c3c(C)cccc3NC=O)nc-2c2c1C=CCC=C2. The lowest BCUT2D eigenvalue weighted by Crippen LogP contribution is -2.18. The molecule has 2 aliphatic heterocycles. The van der Waals surface area contributed by atoms with Gasteiger partial charge in [0.2, 0.25) is 6.41 Å². The molecule has 2 heterocycles. The number of benzene rings is 1. The second-order valence-corrected chi connectivity index (χ2v) is 7.47. The summed E-state index contributed by atoms with van der Waals surface area (Å²) in [6.07, 6.45) is 15.4. The first-order valence-electron chi connectivity index (χ1n) is 10.1. The van der Waals surface area contributed by atoms with E-state index in [9.17, 15) is 9.59 Å². The molecule has 0 saturated heterocycles. The predicted molar refractivity (Wildman–Crippen MR) is 126 cm³/mol. The standard InChI is InChI=1S/C25H24N4O2/c1-4-9-17(2)14-28-15-20-23(19-11-6-5-7-13-22(19)28)27-29(25(20)31)24-18(3)10-8-12-21(24)26-16-30/h4,6-13,15-16H,2,5,14H2,1,3H3,(H,26,30)/b9-4-. The highest BCUT2D eigenvalue weighted by molar-refractivity contribution is 5.81. The van der Waals surface area contributed by atoms with Crippen LogP contribution in [0.2, 0.25) is 0 Å². The first kappa shape index (κ1) is 20.3. The number of para-hydroxylation sites is 1. The average molecular weight is 412 g/mol. The van der Waals surface area contributed by atoms with Gasteiger partial charge in [-0.3, -0.25) is 9.59 Å². The third kappa shape index (κ3) is 3.68. The molecule has 1 N–H and O–H groups in total. The molecule has 1 aliphatic carbocycles. The number of nitrogens with one attached hydrogen (secondary N) is 1. The Morgan fingerprint density at radius 2 is 2.10 bits per heavy atom. The van der Waals surface area contributed by atoms with E-state index in [-0.39, 0.29) is 5.56 Å². The molecule has 0 bridgehead atoms. The topological polar surface area (TPSA) is 68.9 Å². The number of aryl methyl sites for hydroxylation is 1. The molecule has 0 unspecified atom stereocenters. The number of pyridine rings is 1. The van der Waals surface area contributed by atoms with Crippen LogP contribution in [0.4, 0.5) is 5.69 Å². The van der Waals surface area contributed by atoms with Crippen LogP contribution in [0.1, 0.15) is 30.2 Å². The van der Waals surface area contributed by atoms with E-state index < -0.39 is 0 Å². The molecule has 6 nitrogen and oxygen atoms in total. The molecule has 0 saturated carbocycles. The first-order chi connectivity index (χ1) is 15.0. The molecule has 0 atom stereocenters. The molecule has 0 spiro atoms. The lowest BCUT2D eigenvalue weighted by molar-refractivity contribution is -0.105. The van der Waals surface area contributed by atoms with Crippen molar-refractivity contribution in [2.75, 3.05) is 5.32 Å². The Hall–Kier alpha value is -3.93. The van der Waals surface area contributed by atoms with Gasteiger partial charge in [0, 0.05) is 18.3 Å². The van der Waals surface area contributed by atoms with Crippen LogP contribution < -0.4 is 10.9 Å². The molecule has 0 aromatic heterocycles. The molecule has 1 amide bonds. The van der Waals surface area contributed by atoms with E-state index in [1.807, 2.05) is 55.0 Å². The van der Waals surface area contributed by atoms with Gasteiger partial charge in [-0.25, -0.2) is 0 Å². The number of nitrogens with zero attached hydrogens (tertiary/aromatic N) is 3. The van der Waals surface area contributed by atoms with Crippen LogP contribution in [-0.4, -0.2) is 20.8 Å². The highest BCUT2D eigenvalue weighted by Crippen LogP contribution is 2.31. The molecule has 4 rings (SSSR count). The smallest absolute Gasteiger partial charge is 0.282 e. The van der Waals surface area contributed by atoms with Crippen molar-refractivity contribution >= 4 is 24.2 Å². The van der Waals surface area contributed by atoms with Gasteiger partial charge < -0.3 is 9.88 Å². The normalized spacial score (nSPS) is 12.8. The number of carbonyl (C=O) groups is 1. The summed E-state index contributed by atoms with van der Waals surface area (Å²) < 4.78 is 3.43. The summed E-state index contributed by atoms with van der Waals surface area (Å²) in [5.74, 6) is 0. The van der Waals surface area contributed by atoms with E-state index in [0.29, 0.717) is 35.6 Å². The van der Waals surface area contributed by atoms with E-state index in [2.05, 4.69) is 30.1 Å². The van der Waals surface area contributed by atoms with Gasteiger partial charge in [-0.1, -0.05) is 49.1 Å². The molecule has 0 radical (unpaired) electrons. The Morgan fingerprint density at radius 1 is 1.29 bits per heavy atom. The molecule has 3 aliphatic rings. The number of allylic oxidation sites excluding steroid dienone is 5. The zero-order valence-electron chi connectivity index (χ0n) is 17.6. The average Bonchev–Trinajstić information content (AvgIpc) is 2.91. The molecular formula is C25H24N4O2.